The number of amides is 8. The van der Waals surface area contributed by atoms with Crippen molar-refractivity contribution >= 4 is 94.3 Å². The van der Waals surface area contributed by atoms with E-state index >= 15 is 0 Å². The van der Waals surface area contributed by atoms with Crippen LogP contribution < -0.4 is 9.47 Å². The molecule has 5 rings (SSSR count). The second-order valence-corrected chi connectivity index (χ2v) is 25.5. The number of imide groups is 4. The number of carbonyl (C=O) groups excluding carboxylic acids is 8. The van der Waals surface area contributed by atoms with E-state index in [4.69, 9.17) is 9.47 Å². The summed E-state index contributed by atoms with van der Waals surface area (Å²) in [6, 6.07) is 0. The fraction of sp³-hybridized carbons (Fsp3) is 0.667. The van der Waals surface area contributed by atoms with Crippen molar-refractivity contribution in [1.82, 2.24) is 20.0 Å². The molecule has 4 unspecified atom stereocenters. The standard InChI is InChI=1S/C54H78N4O10S4/c1-15-23-27-31(19-5)43(59)55-47(63)35(48(64)56(55)44(60)32(20-6)28-24-16-2)51-69-39-37(67-53(9,10)11)41-42(38(40(39)70-51)68-54(12,13)14)72-52(71-41)36-49(65)57(45(61)33(21-7)29-25-17-3)58(50(36)66)46(62)34(22-8)30-26-18-4/h31-34H,15-30H2,1-14H3. The van der Waals surface area contributed by atoms with Gasteiger partial charge in [-0.05, 0) is 92.9 Å². The third kappa shape index (κ3) is 12.5. The van der Waals surface area contributed by atoms with Crippen LogP contribution in [0.3, 0.4) is 0 Å². The maximum Gasteiger partial charge on any atom is 0.287 e. The molecule has 0 bridgehead atoms. The first kappa shape index (κ1) is 59.1. The van der Waals surface area contributed by atoms with Gasteiger partial charge in [0, 0.05) is 23.7 Å². The van der Waals surface area contributed by atoms with E-state index in [0.717, 1.165) is 118 Å². The highest BCUT2D eigenvalue weighted by atomic mass is 32.2. The Labute approximate surface area is 445 Å². The monoisotopic (exact) mass is 1070 g/mol. The fourth-order valence-electron chi connectivity index (χ4n) is 9.02. The van der Waals surface area contributed by atoms with Crippen LogP contribution >= 0.6 is 47.0 Å². The number of thioether (sulfide) groups is 4. The molecule has 4 aliphatic heterocycles. The number of nitrogens with zero attached hydrogens (tertiary/aromatic N) is 4. The average molecular weight is 1070 g/mol. The Hall–Kier alpha value is -3.74. The van der Waals surface area contributed by atoms with E-state index in [1.54, 1.807) is 0 Å². The van der Waals surface area contributed by atoms with Crippen molar-refractivity contribution in [2.75, 3.05) is 0 Å². The summed E-state index contributed by atoms with van der Waals surface area (Å²) in [5.41, 5.74) is -2.24. The number of ether oxygens (including phenoxy) is 2. The Balaban J connectivity index is 1.73. The van der Waals surface area contributed by atoms with Gasteiger partial charge >= 0.3 is 0 Å². The molecule has 0 saturated carbocycles. The predicted octanol–water partition coefficient (Wildman–Crippen LogP) is 13.0. The molecule has 398 valence electrons. The lowest BCUT2D eigenvalue weighted by molar-refractivity contribution is -0.174. The average Bonchev–Trinajstić information content (AvgIpc) is 4.08. The summed E-state index contributed by atoms with van der Waals surface area (Å²) in [7, 11) is 0. The first-order chi connectivity index (χ1) is 34.0. The number of hydrazine groups is 2. The molecule has 2 fully saturated rings. The molecule has 0 N–H and O–H groups in total. The summed E-state index contributed by atoms with van der Waals surface area (Å²) in [6.45, 7) is 26.7. The molecule has 1 aromatic rings. The Kier molecular flexibility index (Phi) is 20.7. The Morgan fingerprint density at radius 3 is 0.778 bits per heavy atom. The van der Waals surface area contributed by atoms with Crippen LogP contribution in [0, 0.1) is 23.7 Å². The SMILES string of the molecule is CCCCC(CC)C(=O)N1C(=O)C(=C2Sc3c(OC(C)(C)C)c4c(c(OC(C)(C)C)c3S2)SC(=C2C(=O)N(C(=O)C(CC)CCCC)N(C(=O)C(CC)CCCC)C2=O)S4)C(=O)N1C(=O)C(CC)CCCC. The van der Waals surface area contributed by atoms with E-state index in [-0.39, 0.29) is 19.6 Å². The molecule has 18 heteroatoms. The molecular formula is C54H78N4O10S4. The van der Waals surface area contributed by atoms with Gasteiger partial charge in [0.1, 0.15) is 22.3 Å². The van der Waals surface area contributed by atoms with E-state index in [9.17, 15) is 38.4 Å². The number of fused-ring (bicyclic) bond motifs is 2. The number of hydrogen-bond acceptors (Lipinski definition) is 14. The minimum absolute atomic E-state index is 0.248. The highest BCUT2D eigenvalue weighted by Crippen LogP contribution is 2.69. The van der Waals surface area contributed by atoms with Gasteiger partial charge in [-0.1, -0.05) is 154 Å². The molecule has 4 aliphatic rings. The molecule has 4 heterocycles. The van der Waals surface area contributed by atoms with Crippen molar-refractivity contribution in [3.63, 3.8) is 0 Å². The van der Waals surface area contributed by atoms with E-state index in [2.05, 4.69) is 0 Å². The topological polar surface area (TPSA) is 168 Å². The molecular weight excluding hydrogens is 993 g/mol. The maximum atomic E-state index is 14.9. The highest BCUT2D eigenvalue weighted by Gasteiger charge is 2.55. The molecule has 2 saturated heterocycles. The Bertz CT molecular complexity index is 2070. The van der Waals surface area contributed by atoms with Crippen LogP contribution in [0.1, 0.15) is 200 Å². The van der Waals surface area contributed by atoms with Crippen molar-refractivity contribution < 1.29 is 47.8 Å². The lowest BCUT2D eigenvalue weighted by atomic mass is 9.97. The lowest BCUT2D eigenvalue weighted by Gasteiger charge is -2.29. The fourth-order valence-corrected chi connectivity index (χ4v) is 14.5. The molecule has 8 amide bonds. The van der Waals surface area contributed by atoms with E-state index < -0.39 is 82.1 Å². The van der Waals surface area contributed by atoms with Gasteiger partial charge in [0.15, 0.2) is 11.5 Å². The third-order valence-corrected chi connectivity index (χ3v) is 18.3. The summed E-state index contributed by atoms with van der Waals surface area (Å²) >= 11 is 4.43. The van der Waals surface area contributed by atoms with Crippen LogP contribution in [0.25, 0.3) is 0 Å². The van der Waals surface area contributed by atoms with Crippen LogP contribution in [-0.2, 0) is 38.4 Å². The molecule has 0 radical (unpaired) electrons. The van der Waals surface area contributed by atoms with Crippen LogP contribution in [0.15, 0.2) is 39.2 Å². The summed E-state index contributed by atoms with van der Waals surface area (Å²) in [4.78, 5) is 119. The van der Waals surface area contributed by atoms with Crippen LogP contribution in [0.2, 0.25) is 0 Å². The van der Waals surface area contributed by atoms with Crippen molar-refractivity contribution in [2.45, 2.75) is 230 Å². The summed E-state index contributed by atoms with van der Waals surface area (Å²) < 4.78 is 14.1. The molecule has 0 aromatic heterocycles. The van der Waals surface area contributed by atoms with Gasteiger partial charge in [0.2, 0.25) is 0 Å². The van der Waals surface area contributed by atoms with E-state index in [0.29, 0.717) is 82.4 Å². The van der Waals surface area contributed by atoms with Gasteiger partial charge < -0.3 is 9.47 Å². The number of hydrogen-bond donors (Lipinski definition) is 0. The molecule has 0 aliphatic carbocycles. The Morgan fingerprint density at radius 2 is 0.611 bits per heavy atom. The quantitative estimate of drug-likeness (QED) is 0.0794. The van der Waals surface area contributed by atoms with Gasteiger partial charge in [0.05, 0.1) is 28.1 Å². The van der Waals surface area contributed by atoms with E-state index in [1.165, 1.54) is 0 Å². The van der Waals surface area contributed by atoms with Crippen LogP contribution in [-0.4, -0.2) is 78.5 Å². The van der Waals surface area contributed by atoms with E-state index in [1.807, 2.05) is 96.9 Å². The summed E-state index contributed by atoms with van der Waals surface area (Å²) in [5.74, 6) is -7.45. The minimum Gasteiger partial charge on any atom is -0.486 e. The molecule has 1 aromatic carbocycles. The second kappa shape index (κ2) is 25.2. The van der Waals surface area contributed by atoms with Gasteiger partial charge in [-0.25, -0.2) is 0 Å². The van der Waals surface area contributed by atoms with Gasteiger partial charge in [-0.15, -0.1) is 0 Å². The predicted molar refractivity (Wildman–Crippen MR) is 285 cm³/mol. The Morgan fingerprint density at radius 1 is 0.403 bits per heavy atom. The largest absolute Gasteiger partial charge is 0.486 e. The van der Waals surface area contributed by atoms with Crippen LogP contribution in [0.5, 0.6) is 11.5 Å². The number of benzene rings is 1. The number of unbranched alkanes of at least 4 members (excludes halogenated alkanes) is 4. The number of carbonyl (C=O) groups is 8. The summed E-state index contributed by atoms with van der Waals surface area (Å²) in [5, 5.41) is 3.20. The number of rotatable bonds is 22. The third-order valence-electron chi connectivity index (χ3n) is 13.1. The second-order valence-electron chi connectivity index (χ2n) is 20.9. The molecule has 0 spiro atoms. The van der Waals surface area contributed by atoms with Crippen molar-refractivity contribution in [1.29, 1.82) is 0 Å². The zero-order chi connectivity index (χ0) is 53.6. The summed E-state index contributed by atoms with van der Waals surface area (Å²) in [6.07, 6.45) is 9.89. The van der Waals surface area contributed by atoms with Gasteiger partial charge in [0.25, 0.3) is 47.3 Å². The van der Waals surface area contributed by atoms with Crippen molar-refractivity contribution in [3.05, 3.63) is 19.6 Å². The highest BCUT2D eigenvalue weighted by molar-refractivity contribution is 8.26. The van der Waals surface area contributed by atoms with Crippen molar-refractivity contribution in [3.8, 4) is 11.5 Å². The molecule has 72 heavy (non-hydrogen) atoms. The van der Waals surface area contributed by atoms with Gasteiger partial charge in [-0.2, -0.15) is 20.0 Å². The molecule has 14 nitrogen and oxygen atoms in total. The minimum atomic E-state index is -0.863. The normalized spacial score (nSPS) is 17.9. The first-order valence-corrected chi connectivity index (χ1v) is 29.6. The molecule has 4 atom stereocenters. The lowest BCUT2D eigenvalue weighted by Crippen LogP contribution is -2.52. The van der Waals surface area contributed by atoms with Gasteiger partial charge in [-0.3, -0.25) is 38.4 Å². The first-order valence-electron chi connectivity index (χ1n) is 26.3. The smallest absolute Gasteiger partial charge is 0.287 e. The van der Waals surface area contributed by atoms with Crippen LogP contribution in [0.4, 0.5) is 0 Å². The zero-order valence-corrected chi connectivity index (χ0v) is 48.4. The van der Waals surface area contributed by atoms with Crippen molar-refractivity contribution in [2.24, 2.45) is 23.7 Å². The maximum absolute atomic E-state index is 14.9. The zero-order valence-electron chi connectivity index (χ0n) is 45.1.